The van der Waals surface area contributed by atoms with Gasteiger partial charge in [0, 0.05) is 16.6 Å². The SMILES string of the molecule is CCNC(Cc1c(F)ccc(Br)c1F)c1ccccc1Cl. The second-order valence-electron chi connectivity index (χ2n) is 4.66. The van der Waals surface area contributed by atoms with Crippen molar-refractivity contribution in [2.75, 3.05) is 6.54 Å². The van der Waals surface area contributed by atoms with Crippen LogP contribution in [-0.2, 0) is 6.42 Å². The predicted octanol–water partition coefficient (Wildman–Crippen LogP) is 5.27. The Bertz CT molecular complexity index is 634. The average Bonchev–Trinajstić information content (AvgIpc) is 2.47. The summed E-state index contributed by atoms with van der Waals surface area (Å²) in [5.41, 5.74) is 0.884. The van der Waals surface area contributed by atoms with E-state index in [0.717, 1.165) is 5.56 Å². The third-order valence-electron chi connectivity index (χ3n) is 3.28. The molecule has 1 nitrogen and oxygen atoms in total. The van der Waals surface area contributed by atoms with Gasteiger partial charge in [0.2, 0.25) is 0 Å². The lowest BCUT2D eigenvalue weighted by Crippen LogP contribution is -2.24. The van der Waals surface area contributed by atoms with Gasteiger partial charge in [0.25, 0.3) is 0 Å². The van der Waals surface area contributed by atoms with Crippen LogP contribution in [0.2, 0.25) is 5.02 Å². The molecule has 2 rings (SSSR count). The zero-order valence-corrected chi connectivity index (χ0v) is 13.8. The molecule has 0 heterocycles. The van der Waals surface area contributed by atoms with Crippen LogP contribution in [0.25, 0.3) is 0 Å². The van der Waals surface area contributed by atoms with Gasteiger partial charge in [-0.2, -0.15) is 0 Å². The van der Waals surface area contributed by atoms with Crippen LogP contribution in [0.4, 0.5) is 8.78 Å². The van der Waals surface area contributed by atoms with Gasteiger partial charge in [0.1, 0.15) is 11.6 Å². The topological polar surface area (TPSA) is 12.0 Å². The molecule has 0 amide bonds. The predicted molar refractivity (Wildman–Crippen MR) is 85.6 cm³/mol. The number of halogens is 4. The Kier molecular flexibility index (Phi) is 5.73. The zero-order chi connectivity index (χ0) is 15.4. The average molecular weight is 375 g/mol. The van der Waals surface area contributed by atoms with Gasteiger partial charge in [-0.3, -0.25) is 0 Å². The summed E-state index contributed by atoms with van der Waals surface area (Å²) in [6, 6.07) is 9.71. The highest BCUT2D eigenvalue weighted by Crippen LogP contribution is 2.29. The summed E-state index contributed by atoms with van der Waals surface area (Å²) in [6.45, 7) is 2.62. The van der Waals surface area contributed by atoms with Crippen molar-refractivity contribution in [1.82, 2.24) is 5.32 Å². The maximum absolute atomic E-state index is 14.1. The van der Waals surface area contributed by atoms with E-state index < -0.39 is 11.6 Å². The minimum Gasteiger partial charge on any atom is -0.310 e. The second kappa shape index (κ2) is 7.34. The van der Waals surface area contributed by atoms with Gasteiger partial charge in [0.15, 0.2) is 0 Å². The van der Waals surface area contributed by atoms with Crippen molar-refractivity contribution in [1.29, 1.82) is 0 Å². The number of likely N-dealkylation sites (N-methyl/N-ethyl adjacent to an activating group) is 1. The fourth-order valence-electron chi connectivity index (χ4n) is 2.26. The smallest absolute Gasteiger partial charge is 0.143 e. The van der Waals surface area contributed by atoms with Crippen molar-refractivity contribution in [3.05, 3.63) is 68.7 Å². The van der Waals surface area contributed by atoms with Crippen molar-refractivity contribution >= 4 is 27.5 Å². The third-order valence-corrected chi connectivity index (χ3v) is 4.23. The molecule has 2 aromatic rings. The first-order chi connectivity index (χ1) is 10.0. The van der Waals surface area contributed by atoms with E-state index >= 15 is 0 Å². The molecule has 0 aliphatic carbocycles. The highest BCUT2D eigenvalue weighted by Gasteiger charge is 2.20. The molecule has 112 valence electrons. The van der Waals surface area contributed by atoms with Crippen molar-refractivity contribution in [3.63, 3.8) is 0 Å². The van der Waals surface area contributed by atoms with E-state index in [0.29, 0.717) is 11.6 Å². The number of hydrogen-bond acceptors (Lipinski definition) is 1. The molecule has 0 aromatic heterocycles. The van der Waals surface area contributed by atoms with E-state index in [1.165, 1.54) is 12.1 Å². The summed E-state index contributed by atoms with van der Waals surface area (Å²) in [6.07, 6.45) is 0.189. The molecule has 2 aromatic carbocycles. The van der Waals surface area contributed by atoms with Crippen molar-refractivity contribution in [2.24, 2.45) is 0 Å². The van der Waals surface area contributed by atoms with Crippen LogP contribution in [-0.4, -0.2) is 6.54 Å². The Morgan fingerprint density at radius 1 is 1.19 bits per heavy atom. The first kappa shape index (κ1) is 16.4. The molecule has 0 saturated carbocycles. The normalized spacial score (nSPS) is 12.4. The lowest BCUT2D eigenvalue weighted by molar-refractivity contribution is 0.497. The summed E-state index contributed by atoms with van der Waals surface area (Å²) in [5.74, 6) is -1.12. The van der Waals surface area contributed by atoms with Gasteiger partial charge in [0.05, 0.1) is 4.47 Å². The number of nitrogens with one attached hydrogen (secondary N) is 1. The Hall–Kier alpha value is -0.970. The standard InChI is InChI=1S/C16H15BrClF2N/c1-2-21-15(10-5-3-4-6-13(10)18)9-11-14(19)8-7-12(17)16(11)20/h3-8,15,21H,2,9H2,1H3. The van der Waals surface area contributed by atoms with Crippen molar-refractivity contribution < 1.29 is 8.78 Å². The van der Waals surface area contributed by atoms with E-state index in [2.05, 4.69) is 21.2 Å². The largest absolute Gasteiger partial charge is 0.310 e. The number of hydrogen-bond donors (Lipinski definition) is 1. The van der Waals surface area contributed by atoms with Crippen molar-refractivity contribution in [3.8, 4) is 0 Å². The van der Waals surface area contributed by atoms with Gasteiger partial charge in [-0.15, -0.1) is 0 Å². The third kappa shape index (κ3) is 3.82. The Labute approximate surface area is 136 Å². The van der Waals surface area contributed by atoms with Crippen LogP contribution in [0.1, 0.15) is 24.1 Å². The van der Waals surface area contributed by atoms with Crippen LogP contribution in [0.5, 0.6) is 0 Å². The van der Waals surface area contributed by atoms with Gasteiger partial charge in [-0.25, -0.2) is 8.78 Å². The van der Waals surface area contributed by atoms with Crippen LogP contribution >= 0.6 is 27.5 Å². The van der Waals surface area contributed by atoms with Gasteiger partial charge in [-0.05, 0) is 52.7 Å². The molecule has 5 heteroatoms. The van der Waals surface area contributed by atoms with Crippen LogP contribution in [0.3, 0.4) is 0 Å². The maximum Gasteiger partial charge on any atom is 0.143 e. The van der Waals surface area contributed by atoms with E-state index in [9.17, 15) is 8.78 Å². The second-order valence-corrected chi connectivity index (χ2v) is 5.92. The lowest BCUT2D eigenvalue weighted by atomic mass is 9.98. The first-order valence-corrected chi connectivity index (χ1v) is 7.81. The summed E-state index contributed by atoms with van der Waals surface area (Å²) in [7, 11) is 0. The molecule has 0 aliphatic rings. The highest BCUT2D eigenvalue weighted by molar-refractivity contribution is 9.10. The monoisotopic (exact) mass is 373 g/mol. The molecule has 1 N–H and O–H groups in total. The molecule has 1 atom stereocenters. The Morgan fingerprint density at radius 2 is 1.90 bits per heavy atom. The Balaban J connectivity index is 2.38. The fourth-order valence-corrected chi connectivity index (χ4v) is 2.90. The van der Waals surface area contributed by atoms with Gasteiger partial charge in [-0.1, -0.05) is 36.7 Å². The van der Waals surface area contributed by atoms with E-state index in [1.807, 2.05) is 25.1 Å². The molecule has 21 heavy (non-hydrogen) atoms. The van der Waals surface area contributed by atoms with E-state index in [4.69, 9.17) is 11.6 Å². The quantitative estimate of drug-likeness (QED) is 0.703. The lowest BCUT2D eigenvalue weighted by Gasteiger charge is -2.20. The van der Waals surface area contributed by atoms with Gasteiger partial charge < -0.3 is 5.32 Å². The summed E-state index contributed by atoms with van der Waals surface area (Å²) in [5, 5.41) is 3.81. The molecular formula is C16H15BrClF2N. The zero-order valence-electron chi connectivity index (χ0n) is 11.5. The minimum atomic E-state index is -0.565. The molecule has 0 spiro atoms. The Morgan fingerprint density at radius 3 is 2.57 bits per heavy atom. The number of rotatable bonds is 5. The van der Waals surface area contributed by atoms with Crippen molar-refractivity contribution in [2.45, 2.75) is 19.4 Å². The highest BCUT2D eigenvalue weighted by atomic mass is 79.9. The molecule has 0 radical (unpaired) electrons. The van der Waals surface area contributed by atoms with E-state index in [1.54, 1.807) is 6.07 Å². The molecule has 0 bridgehead atoms. The van der Waals surface area contributed by atoms with Crippen LogP contribution < -0.4 is 5.32 Å². The van der Waals surface area contributed by atoms with Gasteiger partial charge >= 0.3 is 0 Å². The summed E-state index contributed by atoms with van der Waals surface area (Å²) >= 11 is 9.29. The van der Waals surface area contributed by atoms with Crippen LogP contribution in [0, 0.1) is 11.6 Å². The summed E-state index contributed by atoms with van der Waals surface area (Å²) in [4.78, 5) is 0. The minimum absolute atomic E-state index is 0.0512. The first-order valence-electron chi connectivity index (χ1n) is 6.64. The molecular weight excluding hydrogens is 360 g/mol. The molecule has 0 aliphatic heterocycles. The summed E-state index contributed by atoms with van der Waals surface area (Å²) < 4.78 is 28.3. The molecule has 0 fully saturated rings. The molecule has 1 unspecified atom stereocenters. The van der Waals surface area contributed by atoms with E-state index in [-0.39, 0.29) is 22.5 Å². The number of benzene rings is 2. The maximum atomic E-state index is 14.1. The fraction of sp³-hybridized carbons (Fsp3) is 0.250. The molecule has 0 saturated heterocycles. The van der Waals surface area contributed by atoms with Crippen LogP contribution in [0.15, 0.2) is 40.9 Å².